The van der Waals surface area contributed by atoms with E-state index in [-0.39, 0.29) is 35.4 Å². The van der Waals surface area contributed by atoms with Crippen molar-refractivity contribution in [2.24, 2.45) is 11.8 Å². The minimum Gasteiger partial charge on any atom is -0.478 e. The first-order chi connectivity index (χ1) is 20.8. The van der Waals surface area contributed by atoms with Crippen LogP contribution < -0.4 is 15.5 Å². The molecule has 2 saturated heterocycles. The summed E-state index contributed by atoms with van der Waals surface area (Å²) in [7, 11) is 0. The van der Waals surface area contributed by atoms with Crippen LogP contribution in [-0.2, 0) is 19.2 Å². The number of carboxylic acid groups (broad SMARTS) is 2. The minimum absolute atomic E-state index is 0.0288. The predicted octanol–water partition coefficient (Wildman–Crippen LogP) is 3.76. The van der Waals surface area contributed by atoms with Crippen LogP contribution in [0.5, 0.6) is 0 Å². The van der Waals surface area contributed by atoms with Gasteiger partial charge in [0.05, 0.1) is 34.9 Å². The number of piperidine rings is 1. The summed E-state index contributed by atoms with van der Waals surface area (Å²) in [6.07, 6.45) is 4.43. The van der Waals surface area contributed by atoms with Crippen molar-refractivity contribution in [3.8, 4) is 0 Å². The first kappa shape index (κ1) is 34.7. The van der Waals surface area contributed by atoms with Gasteiger partial charge in [-0.1, -0.05) is 43.6 Å². The molecule has 238 valence electrons. The summed E-state index contributed by atoms with van der Waals surface area (Å²) < 4.78 is 0. The largest absolute Gasteiger partial charge is 0.478 e. The molecule has 0 spiro atoms. The second-order valence-corrected chi connectivity index (χ2v) is 12.5. The smallest absolute Gasteiger partial charge is 0.328 e. The number of para-hydroxylation sites is 1. The Morgan fingerprint density at radius 1 is 1.09 bits per heavy atom. The van der Waals surface area contributed by atoms with Crippen molar-refractivity contribution >= 4 is 41.0 Å². The third kappa shape index (κ3) is 9.87. The van der Waals surface area contributed by atoms with Gasteiger partial charge >= 0.3 is 11.9 Å². The molecule has 11 nitrogen and oxygen atoms in total. The van der Waals surface area contributed by atoms with Crippen LogP contribution in [0.15, 0.2) is 60.8 Å². The molecule has 44 heavy (non-hydrogen) atoms. The molecule has 3 atom stereocenters. The van der Waals surface area contributed by atoms with E-state index in [0.29, 0.717) is 49.1 Å². The average Bonchev–Trinajstić information content (AvgIpc) is 2.97. The Balaban J connectivity index is 0.000000583. The molecule has 0 radical (unpaired) electrons. The average molecular weight is 628 g/mol. The third-order valence-electron chi connectivity index (χ3n) is 7.65. The summed E-state index contributed by atoms with van der Waals surface area (Å²) in [5.74, 6) is -2.19. The molecule has 12 heteroatoms. The number of hydrogen-bond donors (Lipinski definition) is 4. The fourth-order valence-electron chi connectivity index (χ4n) is 5.62. The number of carbonyl (C=O) groups is 4. The topological polar surface area (TPSA) is 152 Å². The molecule has 4 N–H and O–H groups in total. The van der Waals surface area contributed by atoms with E-state index >= 15 is 0 Å². The van der Waals surface area contributed by atoms with E-state index in [4.69, 9.17) is 21.8 Å². The summed E-state index contributed by atoms with van der Waals surface area (Å²) in [5, 5.41) is 22.9. The molecular formula is C32H42ClN5O6. The van der Waals surface area contributed by atoms with E-state index in [1.165, 1.54) is 0 Å². The highest BCUT2D eigenvalue weighted by Crippen LogP contribution is 2.34. The second kappa shape index (κ2) is 15.8. The monoisotopic (exact) mass is 627 g/mol. The number of hydrogen-bond acceptors (Lipinski definition) is 7. The highest BCUT2D eigenvalue weighted by molar-refractivity contribution is 6.33. The van der Waals surface area contributed by atoms with Gasteiger partial charge in [0.1, 0.15) is 0 Å². The van der Waals surface area contributed by atoms with Gasteiger partial charge in [0, 0.05) is 49.6 Å². The van der Waals surface area contributed by atoms with Crippen LogP contribution in [-0.4, -0.2) is 81.6 Å². The first-order valence-electron chi connectivity index (χ1n) is 14.7. The SMILES string of the molecule is CC(C)C[C@@H](NC(=O)[C@@H]1CNC[C@H](N2CC(=O)N(c3ccccc3Cl)CC2(C)C)C1)c1ccccn1.O=C(O)/C=C/C(=O)O. The number of benzene rings is 1. The maximum absolute atomic E-state index is 13.4. The lowest BCUT2D eigenvalue weighted by atomic mass is 9.88. The van der Waals surface area contributed by atoms with E-state index in [2.05, 4.69) is 48.2 Å². The van der Waals surface area contributed by atoms with Crippen molar-refractivity contribution in [3.63, 3.8) is 0 Å². The van der Waals surface area contributed by atoms with Crippen molar-refractivity contribution in [2.75, 3.05) is 31.1 Å². The van der Waals surface area contributed by atoms with Gasteiger partial charge in [-0.3, -0.25) is 19.5 Å². The normalized spacial score (nSPS) is 21.0. The molecule has 0 unspecified atom stereocenters. The summed E-state index contributed by atoms with van der Waals surface area (Å²) in [6.45, 7) is 10.8. The molecule has 2 amide bonds. The third-order valence-corrected chi connectivity index (χ3v) is 7.97. The Kier molecular flexibility index (Phi) is 12.4. The molecular weight excluding hydrogens is 586 g/mol. The Morgan fingerprint density at radius 3 is 2.34 bits per heavy atom. The van der Waals surface area contributed by atoms with E-state index in [0.717, 1.165) is 24.3 Å². The number of aliphatic carboxylic acids is 2. The highest BCUT2D eigenvalue weighted by Gasteiger charge is 2.44. The van der Waals surface area contributed by atoms with Crippen molar-refractivity contribution in [1.82, 2.24) is 20.5 Å². The molecule has 2 aromatic rings. The van der Waals surface area contributed by atoms with Gasteiger partial charge in [0.15, 0.2) is 0 Å². The number of amides is 2. The number of aromatic nitrogens is 1. The van der Waals surface area contributed by atoms with Gasteiger partial charge < -0.3 is 25.7 Å². The summed E-state index contributed by atoms with van der Waals surface area (Å²) in [6, 6.07) is 13.3. The molecule has 0 saturated carbocycles. The van der Waals surface area contributed by atoms with Crippen molar-refractivity contribution in [3.05, 3.63) is 71.5 Å². The predicted molar refractivity (Wildman–Crippen MR) is 168 cm³/mol. The lowest BCUT2D eigenvalue weighted by Crippen LogP contribution is -2.67. The summed E-state index contributed by atoms with van der Waals surface area (Å²) in [4.78, 5) is 54.3. The van der Waals surface area contributed by atoms with Crippen molar-refractivity contribution in [2.45, 2.75) is 58.2 Å². The van der Waals surface area contributed by atoms with Gasteiger partial charge in [-0.15, -0.1) is 0 Å². The lowest BCUT2D eigenvalue weighted by molar-refractivity contribution is -0.134. The van der Waals surface area contributed by atoms with Crippen LogP contribution >= 0.6 is 11.6 Å². The Labute approximate surface area is 263 Å². The fraction of sp³-hybridized carbons (Fsp3) is 0.469. The highest BCUT2D eigenvalue weighted by atomic mass is 35.5. The molecule has 2 aliphatic rings. The number of carbonyl (C=O) groups excluding carboxylic acids is 2. The standard InChI is InChI=1S/C28H38ClN5O2.C4H4O4/c1-19(2)13-24(23-10-7-8-12-31-23)32-27(36)20-14-21(16-30-15-20)34-17-26(35)33(18-28(34,3)4)25-11-6-5-9-22(25)29;5-3(6)1-2-4(7)8/h5-12,19-21,24,30H,13-18H2,1-4H3,(H,32,36);1-2H,(H,5,6)(H,7,8)/b;2-1+/t20-,21+,24+;/m0./s1. The number of nitrogens with zero attached hydrogens (tertiary/aromatic N) is 3. The van der Waals surface area contributed by atoms with Crippen LogP contribution in [0.3, 0.4) is 0 Å². The van der Waals surface area contributed by atoms with E-state index < -0.39 is 11.9 Å². The number of nitrogens with one attached hydrogen (secondary N) is 2. The lowest BCUT2D eigenvalue weighted by Gasteiger charge is -2.51. The van der Waals surface area contributed by atoms with Crippen LogP contribution in [0.4, 0.5) is 5.69 Å². The van der Waals surface area contributed by atoms with Crippen LogP contribution in [0, 0.1) is 11.8 Å². The number of anilines is 1. The summed E-state index contributed by atoms with van der Waals surface area (Å²) in [5.41, 5.74) is 1.37. The van der Waals surface area contributed by atoms with Gasteiger partial charge in [-0.2, -0.15) is 0 Å². The van der Waals surface area contributed by atoms with E-state index in [1.54, 1.807) is 11.1 Å². The van der Waals surface area contributed by atoms with Crippen molar-refractivity contribution in [1.29, 1.82) is 0 Å². The number of pyridine rings is 1. The zero-order chi connectivity index (χ0) is 32.4. The Hall–Kier alpha value is -3.80. The van der Waals surface area contributed by atoms with Crippen LogP contribution in [0.25, 0.3) is 0 Å². The number of halogens is 1. The Bertz CT molecular complexity index is 1320. The quantitative estimate of drug-likeness (QED) is 0.305. The minimum atomic E-state index is -1.26. The van der Waals surface area contributed by atoms with Crippen LogP contribution in [0.1, 0.15) is 52.3 Å². The molecule has 1 aromatic carbocycles. The molecule has 4 rings (SSSR count). The number of carboxylic acids is 2. The number of piperazine rings is 1. The number of rotatable bonds is 9. The maximum atomic E-state index is 13.4. The van der Waals surface area contributed by atoms with E-state index in [9.17, 15) is 19.2 Å². The summed E-state index contributed by atoms with van der Waals surface area (Å²) >= 11 is 6.41. The molecule has 1 aromatic heterocycles. The maximum Gasteiger partial charge on any atom is 0.328 e. The van der Waals surface area contributed by atoms with Crippen molar-refractivity contribution < 1.29 is 29.4 Å². The van der Waals surface area contributed by atoms with Crippen LogP contribution in [0.2, 0.25) is 5.02 Å². The molecule has 0 bridgehead atoms. The fourth-order valence-corrected chi connectivity index (χ4v) is 5.86. The van der Waals surface area contributed by atoms with E-state index in [1.807, 2.05) is 42.5 Å². The van der Waals surface area contributed by atoms with Gasteiger partial charge in [0.2, 0.25) is 11.8 Å². The first-order valence-corrected chi connectivity index (χ1v) is 15.0. The molecule has 2 fully saturated rings. The van der Waals surface area contributed by atoms with Gasteiger partial charge in [-0.25, -0.2) is 9.59 Å². The second-order valence-electron chi connectivity index (χ2n) is 12.1. The van der Waals surface area contributed by atoms with Gasteiger partial charge in [-0.05, 0) is 56.9 Å². The molecule has 3 heterocycles. The molecule has 2 aliphatic heterocycles. The molecule has 0 aliphatic carbocycles. The zero-order valence-corrected chi connectivity index (χ0v) is 26.3. The zero-order valence-electron chi connectivity index (χ0n) is 25.6. The Morgan fingerprint density at radius 2 is 1.75 bits per heavy atom. The van der Waals surface area contributed by atoms with Gasteiger partial charge in [0.25, 0.3) is 0 Å².